The lowest BCUT2D eigenvalue weighted by Gasteiger charge is -2.34. The van der Waals surface area contributed by atoms with Crippen LogP contribution in [0.15, 0.2) is 134 Å². The first kappa shape index (κ1) is 49.7. The molecule has 2 aromatic carbocycles. The van der Waals surface area contributed by atoms with Gasteiger partial charge in [-0.2, -0.15) is 21.6 Å². The van der Waals surface area contributed by atoms with Crippen molar-refractivity contribution in [1.29, 1.82) is 0 Å². The molecular weight excluding hydrogens is 902 g/mol. The number of hydrogen-bond acceptors (Lipinski definition) is 10. The van der Waals surface area contributed by atoms with E-state index in [0.717, 1.165) is 62.5 Å². The van der Waals surface area contributed by atoms with Gasteiger partial charge in [0.25, 0.3) is 0 Å². The van der Waals surface area contributed by atoms with Gasteiger partial charge in [0, 0.05) is 69.5 Å². The zero-order valence-electron chi connectivity index (χ0n) is 40.1. The van der Waals surface area contributed by atoms with Crippen molar-refractivity contribution >= 4 is 10.1 Å². The van der Waals surface area contributed by atoms with Crippen molar-refractivity contribution in [3.8, 4) is 45.6 Å². The number of aromatic hydroxyl groups is 1. The third-order valence-corrected chi connectivity index (χ3v) is 14.2. The number of aryl methyl sites for hydroxylation is 4. The first-order valence-corrected chi connectivity index (χ1v) is 23.7. The second-order valence-electron chi connectivity index (χ2n) is 18.1. The summed E-state index contributed by atoms with van der Waals surface area (Å²) in [6.45, 7) is 20.7. The summed E-state index contributed by atoms with van der Waals surface area (Å²) in [7, 11) is -5.77. The fourth-order valence-corrected chi connectivity index (χ4v) is 8.76. The van der Waals surface area contributed by atoms with Gasteiger partial charge in [0.15, 0.2) is 5.75 Å². The maximum atomic E-state index is 12.6. The third-order valence-electron chi connectivity index (χ3n) is 13.2. The van der Waals surface area contributed by atoms with Crippen molar-refractivity contribution in [3.05, 3.63) is 180 Å². The summed E-state index contributed by atoms with van der Waals surface area (Å²) in [5.74, 6) is 1.32. The van der Waals surface area contributed by atoms with E-state index < -0.39 is 26.8 Å². The highest BCUT2D eigenvalue weighted by molar-refractivity contribution is 7.88. The molecule has 6 heterocycles. The highest BCUT2D eigenvalue weighted by atomic mass is 32.2. The number of halogens is 3. The van der Waals surface area contributed by atoms with E-state index in [-0.39, 0.29) is 17.1 Å². The lowest BCUT2D eigenvalue weighted by atomic mass is 9.70. The normalized spacial score (nSPS) is 13.7. The van der Waals surface area contributed by atoms with Gasteiger partial charge in [-0.3, -0.25) is 19.1 Å². The molecule has 0 aliphatic carbocycles. The second kappa shape index (κ2) is 19.4. The summed E-state index contributed by atoms with van der Waals surface area (Å²) in [6, 6.07) is 30.8. The van der Waals surface area contributed by atoms with Crippen LogP contribution in [0, 0.1) is 39.5 Å². The molecule has 8 rings (SSSR count). The monoisotopic (exact) mass is 956 g/mol. The smallest absolute Gasteiger partial charge is 0.506 e. The van der Waals surface area contributed by atoms with Crippen LogP contribution >= 0.6 is 0 Å². The molecule has 0 aliphatic heterocycles. The maximum absolute atomic E-state index is 12.6. The molecule has 8 aromatic rings. The largest absolute Gasteiger partial charge is 0.534 e. The van der Waals surface area contributed by atoms with E-state index in [2.05, 4.69) is 105 Å². The molecule has 16 heteroatoms. The predicted octanol–water partition coefficient (Wildman–Crippen LogP) is 11.8. The summed E-state index contributed by atoms with van der Waals surface area (Å²) in [4.78, 5) is 27.0. The van der Waals surface area contributed by atoms with Crippen LogP contribution in [-0.2, 0) is 20.9 Å². The minimum absolute atomic E-state index is 0.0437. The number of rotatable bonds is 12. The van der Waals surface area contributed by atoms with Gasteiger partial charge < -0.3 is 9.29 Å². The van der Waals surface area contributed by atoms with Crippen molar-refractivity contribution in [2.45, 2.75) is 85.6 Å². The van der Waals surface area contributed by atoms with E-state index in [1.54, 1.807) is 18.5 Å². The number of alkyl halides is 3. The highest BCUT2D eigenvalue weighted by Crippen LogP contribution is 2.41. The van der Waals surface area contributed by atoms with Crippen LogP contribution in [0.25, 0.3) is 34.2 Å². The molecule has 0 bridgehead atoms. The molecule has 0 amide bonds. The van der Waals surface area contributed by atoms with E-state index >= 15 is 0 Å². The fourth-order valence-electron chi connectivity index (χ4n) is 8.32. The van der Waals surface area contributed by atoms with Gasteiger partial charge in [-0.1, -0.05) is 76.2 Å². The summed E-state index contributed by atoms with van der Waals surface area (Å²) in [5.41, 5.74) is 5.33. The number of pyridine rings is 2. The van der Waals surface area contributed by atoms with Crippen LogP contribution in [0.4, 0.5) is 13.2 Å². The van der Waals surface area contributed by atoms with Crippen molar-refractivity contribution in [3.63, 3.8) is 0 Å². The average Bonchev–Trinajstić information content (AvgIpc) is 3.85. The standard InChI is InChI=1S/C27H27F3N4O3S.C26H28N4O/c1-17(2)26(5,24-13-12-23(16-31-24)37-38(35,36)27(28,29)30)22-10-8-20(9-11-22)21-14-32-25(33-15-21)34-18(3)6-7-19(34)4;1-17(2)26(5,24-13-12-23(31)16-27-24)22-10-8-20(9-11-22)21-14-28-25(29-15-21)30-18(3)6-7-19(30)4/h6-17H,1-5H3;6-17,31H,1-5H3. The lowest BCUT2D eigenvalue weighted by Crippen LogP contribution is -2.31. The zero-order chi connectivity index (χ0) is 50.1. The molecule has 358 valence electrons. The van der Waals surface area contributed by atoms with E-state index in [4.69, 9.17) is 0 Å². The Balaban J connectivity index is 0.000000208. The minimum Gasteiger partial charge on any atom is -0.506 e. The van der Waals surface area contributed by atoms with Gasteiger partial charge in [0.2, 0.25) is 11.9 Å². The minimum atomic E-state index is -5.77. The molecule has 2 atom stereocenters. The molecule has 69 heavy (non-hydrogen) atoms. The average molecular weight is 957 g/mol. The van der Waals surface area contributed by atoms with Gasteiger partial charge in [0.05, 0.1) is 23.8 Å². The maximum Gasteiger partial charge on any atom is 0.534 e. The number of aromatic nitrogens is 8. The first-order chi connectivity index (χ1) is 32.5. The summed E-state index contributed by atoms with van der Waals surface area (Å²) < 4.78 is 68.7. The fraction of sp³-hybridized carbons (Fsp3) is 0.283. The molecule has 0 aliphatic rings. The lowest BCUT2D eigenvalue weighted by molar-refractivity contribution is -0.0500. The van der Waals surface area contributed by atoms with Crippen LogP contribution < -0.4 is 4.18 Å². The van der Waals surface area contributed by atoms with Gasteiger partial charge in [-0.05, 0) is 124 Å². The van der Waals surface area contributed by atoms with Gasteiger partial charge in [-0.15, -0.1) is 0 Å². The summed E-state index contributed by atoms with van der Waals surface area (Å²) in [6.07, 6.45) is 9.79. The molecule has 12 nitrogen and oxygen atoms in total. The highest BCUT2D eigenvalue weighted by Gasteiger charge is 2.48. The van der Waals surface area contributed by atoms with E-state index in [1.807, 2.05) is 98.6 Å². The van der Waals surface area contributed by atoms with Crippen LogP contribution in [0.2, 0.25) is 0 Å². The first-order valence-electron chi connectivity index (χ1n) is 22.3. The summed E-state index contributed by atoms with van der Waals surface area (Å²) in [5, 5.41) is 9.63. The van der Waals surface area contributed by atoms with Crippen LogP contribution in [0.5, 0.6) is 11.5 Å². The van der Waals surface area contributed by atoms with Crippen molar-refractivity contribution < 1.29 is 30.9 Å². The SMILES string of the molecule is Cc1ccc(C)n1-c1ncc(-c2ccc(C(C)(c3ccc(O)cn3)C(C)C)cc2)cn1.Cc1ccc(C)n1-c1ncc(-c2ccc(C(C)(c3ccc(OS(=O)(=O)C(F)(F)F)cn3)C(C)C)cc2)cn1. The Morgan fingerprint density at radius 1 is 0.493 bits per heavy atom. The van der Waals surface area contributed by atoms with Gasteiger partial charge >= 0.3 is 15.6 Å². The van der Waals surface area contributed by atoms with E-state index in [9.17, 15) is 26.7 Å². The Hall–Kier alpha value is -7.20. The molecule has 0 radical (unpaired) electrons. The van der Waals surface area contributed by atoms with Crippen molar-refractivity contribution in [2.75, 3.05) is 0 Å². The Labute approximate surface area is 401 Å². The number of benzene rings is 2. The van der Waals surface area contributed by atoms with Crippen molar-refractivity contribution in [1.82, 2.24) is 39.0 Å². The van der Waals surface area contributed by atoms with E-state index in [1.165, 1.54) is 23.9 Å². The molecule has 0 spiro atoms. The quantitative estimate of drug-likeness (QED) is 0.0925. The van der Waals surface area contributed by atoms with Crippen LogP contribution in [0.3, 0.4) is 0 Å². The molecule has 0 fully saturated rings. The number of nitrogens with zero attached hydrogens (tertiary/aromatic N) is 8. The second-order valence-corrected chi connectivity index (χ2v) is 19.6. The molecule has 2 unspecified atom stereocenters. The zero-order valence-corrected chi connectivity index (χ0v) is 41.0. The van der Waals surface area contributed by atoms with Crippen LogP contribution in [-0.4, -0.2) is 58.1 Å². The number of hydrogen-bond donors (Lipinski definition) is 1. The Bertz CT molecular complexity index is 3100. The van der Waals surface area contributed by atoms with E-state index in [0.29, 0.717) is 23.5 Å². The predicted molar refractivity (Wildman–Crippen MR) is 261 cm³/mol. The Morgan fingerprint density at radius 2 is 0.855 bits per heavy atom. The Kier molecular flexibility index (Phi) is 14.0. The topological polar surface area (TPSA) is 151 Å². The summed E-state index contributed by atoms with van der Waals surface area (Å²) >= 11 is 0. The van der Waals surface area contributed by atoms with Gasteiger partial charge in [0.1, 0.15) is 5.75 Å². The molecule has 1 N–H and O–H groups in total. The van der Waals surface area contributed by atoms with Crippen LogP contribution in [0.1, 0.15) is 86.8 Å². The van der Waals surface area contributed by atoms with Gasteiger partial charge in [-0.25, -0.2) is 19.9 Å². The molecule has 0 saturated carbocycles. The molecule has 6 aromatic heterocycles. The molecular formula is C53H55F3N8O4S. The van der Waals surface area contributed by atoms with Crippen molar-refractivity contribution in [2.24, 2.45) is 11.8 Å². The third kappa shape index (κ3) is 10.0. The molecule has 0 saturated heterocycles. The Morgan fingerprint density at radius 3 is 1.16 bits per heavy atom.